The molecular weight excluding hydrogens is 310 g/mol. The number of nitrogens with zero attached hydrogens (tertiary/aromatic N) is 2. The summed E-state index contributed by atoms with van der Waals surface area (Å²) in [5, 5.41) is 3.18. The van der Waals surface area contributed by atoms with Crippen LogP contribution in [0.2, 0.25) is 0 Å². The Kier molecular flexibility index (Phi) is 6.88. The van der Waals surface area contributed by atoms with Crippen molar-refractivity contribution < 1.29 is 4.79 Å². The summed E-state index contributed by atoms with van der Waals surface area (Å²) in [6.45, 7) is 5.17. The minimum Gasteiger partial charge on any atom is -0.356 e. The fourth-order valence-electron chi connectivity index (χ4n) is 4.22. The van der Waals surface area contributed by atoms with Crippen LogP contribution in [0.3, 0.4) is 0 Å². The second-order valence-corrected chi connectivity index (χ2v) is 7.70. The molecule has 3 rings (SSSR count). The van der Waals surface area contributed by atoms with Crippen molar-refractivity contribution >= 4 is 5.91 Å². The van der Waals surface area contributed by atoms with E-state index in [-0.39, 0.29) is 11.8 Å². The Morgan fingerprint density at radius 2 is 1.88 bits per heavy atom. The lowest BCUT2D eigenvalue weighted by Crippen LogP contribution is -2.47. The predicted octanol–water partition coefficient (Wildman–Crippen LogP) is 3.06. The molecule has 1 amide bonds. The quantitative estimate of drug-likeness (QED) is 0.807. The van der Waals surface area contributed by atoms with Crippen LogP contribution in [0.25, 0.3) is 0 Å². The van der Waals surface area contributed by atoms with E-state index in [1.807, 2.05) is 0 Å². The molecule has 1 aromatic carbocycles. The van der Waals surface area contributed by atoms with Gasteiger partial charge in [-0.1, -0.05) is 49.6 Å². The summed E-state index contributed by atoms with van der Waals surface area (Å²) in [4.78, 5) is 17.2. The third-order valence-corrected chi connectivity index (χ3v) is 5.78. The Labute approximate surface area is 152 Å². The normalized spacial score (nSPS) is 23.5. The zero-order valence-electron chi connectivity index (χ0n) is 15.6. The molecule has 0 aromatic heterocycles. The first kappa shape index (κ1) is 18.4. The van der Waals surface area contributed by atoms with E-state index in [0.717, 1.165) is 52.0 Å². The van der Waals surface area contributed by atoms with E-state index in [2.05, 4.69) is 52.5 Å². The summed E-state index contributed by atoms with van der Waals surface area (Å²) < 4.78 is 0. The summed E-state index contributed by atoms with van der Waals surface area (Å²) in [6.07, 6.45) is 6.94. The van der Waals surface area contributed by atoms with Gasteiger partial charge in [-0.3, -0.25) is 9.69 Å². The molecule has 4 nitrogen and oxygen atoms in total. The third-order valence-electron chi connectivity index (χ3n) is 5.78. The highest BCUT2D eigenvalue weighted by Crippen LogP contribution is 2.25. The molecule has 0 radical (unpaired) electrons. The van der Waals surface area contributed by atoms with Gasteiger partial charge in [0, 0.05) is 44.7 Å². The van der Waals surface area contributed by atoms with Gasteiger partial charge in [0.15, 0.2) is 0 Å². The van der Waals surface area contributed by atoms with Crippen molar-refractivity contribution in [2.75, 3.05) is 39.8 Å². The van der Waals surface area contributed by atoms with Gasteiger partial charge >= 0.3 is 0 Å². The number of rotatable bonds is 6. The van der Waals surface area contributed by atoms with Crippen molar-refractivity contribution in [3.05, 3.63) is 35.9 Å². The Hall–Kier alpha value is -1.39. The van der Waals surface area contributed by atoms with Crippen LogP contribution in [-0.4, -0.2) is 55.5 Å². The molecule has 1 aliphatic carbocycles. The van der Waals surface area contributed by atoms with Gasteiger partial charge in [-0.2, -0.15) is 0 Å². The second-order valence-electron chi connectivity index (χ2n) is 7.70. The van der Waals surface area contributed by atoms with Gasteiger partial charge < -0.3 is 10.2 Å². The first-order chi connectivity index (χ1) is 12.2. The maximum absolute atomic E-state index is 12.2. The van der Waals surface area contributed by atoms with E-state index in [1.54, 1.807) is 0 Å². The standard InChI is InChI=1S/C21H33N3O/c1-23-15-16-24(20(17-23)18-9-4-2-5-10-18)14-8-13-22-21(25)19-11-6-3-7-12-19/h2,4-5,9-10,19-20H,3,6-8,11-17H2,1H3,(H,22,25)/t20-/m1/s1. The number of likely N-dealkylation sites (N-methyl/N-ethyl adjacent to an activating group) is 1. The first-order valence-corrected chi connectivity index (χ1v) is 9.99. The van der Waals surface area contributed by atoms with E-state index in [0.29, 0.717) is 6.04 Å². The predicted molar refractivity (Wildman–Crippen MR) is 102 cm³/mol. The van der Waals surface area contributed by atoms with Crippen molar-refractivity contribution in [3.63, 3.8) is 0 Å². The summed E-state index contributed by atoms with van der Waals surface area (Å²) in [6, 6.07) is 11.3. The molecule has 0 unspecified atom stereocenters. The number of amides is 1. The maximum atomic E-state index is 12.2. The van der Waals surface area contributed by atoms with E-state index >= 15 is 0 Å². The Morgan fingerprint density at radius 1 is 1.12 bits per heavy atom. The van der Waals surface area contributed by atoms with Crippen LogP contribution >= 0.6 is 0 Å². The topological polar surface area (TPSA) is 35.6 Å². The minimum absolute atomic E-state index is 0.273. The highest BCUT2D eigenvalue weighted by atomic mass is 16.1. The van der Waals surface area contributed by atoms with E-state index < -0.39 is 0 Å². The summed E-state index contributed by atoms with van der Waals surface area (Å²) in [5.41, 5.74) is 1.40. The van der Waals surface area contributed by atoms with Crippen molar-refractivity contribution in [1.82, 2.24) is 15.1 Å². The number of carbonyl (C=O) groups is 1. The molecule has 1 aliphatic heterocycles. The van der Waals surface area contributed by atoms with Gasteiger partial charge in [-0.05, 0) is 31.9 Å². The Balaban J connectivity index is 1.45. The molecule has 0 bridgehead atoms. The van der Waals surface area contributed by atoms with Crippen molar-refractivity contribution in [1.29, 1.82) is 0 Å². The number of hydrogen-bond acceptors (Lipinski definition) is 3. The molecule has 2 fully saturated rings. The van der Waals surface area contributed by atoms with Gasteiger partial charge in [-0.25, -0.2) is 0 Å². The monoisotopic (exact) mass is 343 g/mol. The van der Waals surface area contributed by atoms with Crippen LogP contribution in [0.15, 0.2) is 30.3 Å². The highest BCUT2D eigenvalue weighted by molar-refractivity contribution is 5.78. The summed E-state index contributed by atoms with van der Waals surface area (Å²) in [5.74, 6) is 0.562. The molecule has 1 saturated carbocycles. The minimum atomic E-state index is 0.273. The van der Waals surface area contributed by atoms with E-state index in [9.17, 15) is 4.79 Å². The van der Waals surface area contributed by atoms with Crippen molar-refractivity contribution in [2.24, 2.45) is 5.92 Å². The average molecular weight is 344 g/mol. The van der Waals surface area contributed by atoms with E-state index in [1.165, 1.54) is 24.8 Å². The molecule has 1 saturated heterocycles. The number of nitrogens with one attached hydrogen (secondary N) is 1. The lowest BCUT2D eigenvalue weighted by molar-refractivity contribution is -0.125. The Bertz CT molecular complexity index is 527. The SMILES string of the molecule is CN1CCN(CCCNC(=O)C2CCCCC2)[C@@H](c2ccccc2)C1. The van der Waals surface area contributed by atoms with Crippen molar-refractivity contribution in [2.45, 2.75) is 44.6 Å². The van der Waals surface area contributed by atoms with Crippen LogP contribution < -0.4 is 5.32 Å². The largest absolute Gasteiger partial charge is 0.356 e. The van der Waals surface area contributed by atoms with Gasteiger partial charge in [0.2, 0.25) is 5.91 Å². The second kappa shape index (κ2) is 9.35. The fourth-order valence-corrected chi connectivity index (χ4v) is 4.22. The maximum Gasteiger partial charge on any atom is 0.223 e. The molecule has 4 heteroatoms. The van der Waals surface area contributed by atoms with Crippen LogP contribution in [-0.2, 0) is 4.79 Å². The molecule has 25 heavy (non-hydrogen) atoms. The average Bonchev–Trinajstić information content (AvgIpc) is 2.67. The fraction of sp³-hybridized carbons (Fsp3) is 0.667. The lowest BCUT2D eigenvalue weighted by atomic mass is 9.89. The van der Waals surface area contributed by atoms with Crippen LogP contribution in [0, 0.1) is 5.92 Å². The van der Waals surface area contributed by atoms with Gasteiger partial charge in [0.05, 0.1) is 0 Å². The number of piperazine rings is 1. The zero-order valence-corrected chi connectivity index (χ0v) is 15.6. The number of carbonyl (C=O) groups excluding carboxylic acids is 1. The zero-order chi connectivity index (χ0) is 17.5. The van der Waals surface area contributed by atoms with Gasteiger partial charge in [0.1, 0.15) is 0 Å². The molecule has 138 valence electrons. The molecule has 0 spiro atoms. The summed E-state index contributed by atoms with van der Waals surface area (Å²) >= 11 is 0. The molecule has 2 aliphatic rings. The van der Waals surface area contributed by atoms with Crippen LogP contribution in [0.5, 0.6) is 0 Å². The smallest absolute Gasteiger partial charge is 0.223 e. The van der Waals surface area contributed by atoms with Gasteiger partial charge in [0.25, 0.3) is 0 Å². The molecule has 1 aromatic rings. The number of benzene rings is 1. The summed E-state index contributed by atoms with van der Waals surface area (Å²) in [7, 11) is 2.21. The van der Waals surface area contributed by atoms with E-state index in [4.69, 9.17) is 0 Å². The lowest BCUT2D eigenvalue weighted by Gasteiger charge is -2.40. The van der Waals surface area contributed by atoms with Crippen molar-refractivity contribution in [3.8, 4) is 0 Å². The first-order valence-electron chi connectivity index (χ1n) is 9.99. The third kappa shape index (κ3) is 5.29. The molecular formula is C21H33N3O. The van der Waals surface area contributed by atoms with Crippen LogP contribution in [0.1, 0.15) is 50.1 Å². The number of hydrogen-bond donors (Lipinski definition) is 1. The molecule has 1 N–H and O–H groups in total. The Morgan fingerprint density at radius 3 is 2.64 bits per heavy atom. The van der Waals surface area contributed by atoms with Gasteiger partial charge in [-0.15, -0.1) is 0 Å². The van der Waals surface area contributed by atoms with Crippen LogP contribution in [0.4, 0.5) is 0 Å². The molecule has 1 atom stereocenters. The molecule has 1 heterocycles. The highest BCUT2D eigenvalue weighted by Gasteiger charge is 2.26.